The van der Waals surface area contributed by atoms with E-state index in [4.69, 9.17) is 56.8 Å². The van der Waals surface area contributed by atoms with Gasteiger partial charge < -0.3 is 56.8 Å². The Labute approximate surface area is 673 Å². The summed E-state index contributed by atoms with van der Waals surface area (Å²) in [7, 11) is 0. The van der Waals surface area contributed by atoms with Crippen molar-refractivity contribution in [2.75, 3.05) is 52.9 Å². The first-order valence-corrected chi connectivity index (χ1v) is 42.2. The van der Waals surface area contributed by atoms with Gasteiger partial charge in [0.05, 0.1) is 48.7 Å². The molecular weight excluding hydrogens is 1420 g/mol. The van der Waals surface area contributed by atoms with E-state index >= 15 is 0 Å². The van der Waals surface area contributed by atoms with Crippen molar-refractivity contribution in [1.29, 1.82) is 0 Å². The monoisotopic (exact) mass is 1540 g/mol. The molecule has 8 aromatic rings. The lowest BCUT2D eigenvalue weighted by atomic mass is 9.92. The number of hydrogen-bond acceptors (Lipinski definition) is 16. The largest absolute Gasteiger partial charge is 0.494 e. The number of rotatable bonds is 60. The summed E-state index contributed by atoms with van der Waals surface area (Å²) in [5, 5.41) is 0. The molecule has 0 spiro atoms. The van der Waals surface area contributed by atoms with Crippen molar-refractivity contribution in [2.45, 2.75) is 233 Å². The van der Waals surface area contributed by atoms with Gasteiger partial charge in [0.1, 0.15) is 101 Å². The van der Waals surface area contributed by atoms with Crippen LogP contribution < -0.4 is 56.8 Å². The molecule has 0 radical (unpaired) electrons. The van der Waals surface area contributed by atoms with Crippen LogP contribution in [0.25, 0.3) is 0 Å². The van der Waals surface area contributed by atoms with Gasteiger partial charge in [0.25, 0.3) is 0 Å². The number of ether oxygens (including phenoxy) is 12. The molecule has 0 N–H and O–H groups in total. The van der Waals surface area contributed by atoms with E-state index in [9.17, 15) is 19.2 Å². The van der Waals surface area contributed by atoms with Gasteiger partial charge in [-0.25, -0.2) is 19.2 Å². The molecule has 608 valence electrons. The van der Waals surface area contributed by atoms with Crippen LogP contribution in [0.5, 0.6) is 69.0 Å². The Bertz CT molecular complexity index is 3360. The van der Waals surface area contributed by atoms with E-state index in [1.54, 1.807) is 194 Å². The molecule has 0 aliphatic rings. The predicted molar refractivity (Wildman–Crippen MR) is 448 cm³/mol. The summed E-state index contributed by atoms with van der Waals surface area (Å²) >= 11 is 0. The molecule has 16 nitrogen and oxygen atoms in total. The summed E-state index contributed by atoms with van der Waals surface area (Å²) in [4.78, 5) is 53.9. The van der Waals surface area contributed by atoms with Crippen LogP contribution in [0.15, 0.2) is 194 Å². The number of carbonyl (C=O) groups excluding carboxylic acids is 4. The number of hydrogen-bond donors (Lipinski definition) is 0. The minimum absolute atomic E-state index is 0.0459. The number of esters is 4. The molecule has 0 amide bonds. The molecule has 0 fully saturated rings. The summed E-state index contributed by atoms with van der Waals surface area (Å²) in [5.41, 5.74) is 0.367. The van der Waals surface area contributed by atoms with E-state index in [-0.39, 0.29) is 26.4 Å². The Morgan fingerprint density at radius 2 is 0.327 bits per heavy atom. The Hall–Kier alpha value is -9.96. The Balaban J connectivity index is 0.947. The number of benzene rings is 8. The topological polar surface area (TPSA) is 179 Å². The van der Waals surface area contributed by atoms with Crippen LogP contribution in [-0.2, 0) is 0 Å². The van der Waals surface area contributed by atoms with E-state index in [2.05, 4.69) is 27.7 Å². The van der Waals surface area contributed by atoms with E-state index < -0.39 is 29.3 Å². The maximum Gasteiger partial charge on any atom is 0.343 e. The fourth-order valence-corrected chi connectivity index (χ4v) is 12.7. The number of unbranched alkanes of at least 4 members (excludes halogenated alkanes) is 28. The van der Waals surface area contributed by atoms with E-state index in [1.165, 1.54) is 154 Å². The average Bonchev–Trinajstić information content (AvgIpc) is 0.831. The maximum atomic E-state index is 13.5. The molecular formula is C97H124O16. The molecule has 0 saturated heterocycles. The first-order valence-electron chi connectivity index (χ1n) is 42.2. The maximum absolute atomic E-state index is 13.5. The quantitative estimate of drug-likeness (QED) is 0.0199. The third-order valence-electron chi connectivity index (χ3n) is 19.7. The molecule has 8 aromatic carbocycles. The second-order valence-corrected chi connectivity index (χ2v) is 29.5. The summed E-state index contributed by atoms with van der Waals surface area (Å²) in [6.45, 7) is 11.2. The van der Waals surface area contributed by atoms with Gasteiger partial charge in [-0.15, -0.1) is 0 Å². The van der Waals surface area contributed by atoms with E-state index in [1.807, 2.05) is 0 Å². The van der Waals surface area contributed by atoms with Crippen molar-refractivity contribution in [2.24, 2.45) is 5.41 Å². The second kappa shape index (κ2) is 53.1. The fraction of sp³-hybridized carbons (Fsp3) is 0.464. The fourth-order valence-electron chi connectivity index (χ4n) is 12.7. The van der Waals surface area contributed by atoms with Crippen molar-refractivity contribution in [1.82, 2.24) is 0 Å². The molecule has 0 aliphatic carbocycles. The van der Waals surface area contributed by atoms with Crippen molar-refractivity contribution in [3.05, 3.63) is 216 Å². The zero-order valence-corrected chi connectivity index (χ0v) is 67.8. The van der Waals surface area contributed by atoms with Crippen LogP contribution in [0.1, 0.15) is 275 Å². The van der Waals surface area contributed by atoms with Gasteiger partial charge in [-0.3, -0.25) is 0 Å². The summed E-state index contributed by atoms with van der Waals surface area (Å²) in [6.07, 6.45) is 38.8. The van der Waals surface area contributed by atoms with E-state index in [0.29, 0.717) is 118 Å². The van der Waals surface area contributed by atoms with Crippen molar-refractivity contribution in [3.63, 3.8) is 0 Å². The zero-order chi connectivity index (χ0) is 79.4. The first-order chi connectivity index (χ1) is 55.5. The summed E-state index contributed by atoms with van der Waals surface area (Å²) in [6, 6.07) is 54.8. The van der Waals surface area contributed by atoms with Crippen LogP contribution in [0.4, 0.5) is 0 Å². The molecule has 8 rings (SSSR count). The molecule has 0 atom stereocenters. The molecule has 0 aliphatic heterocycles. The third kappa shape index (κ3) is 35.3. The zero-order valence-electron chi connectivity index (χ0n) is 67.8. The summed E-state index contributed by atoms with van der Waals surface area (Å²) < 4.78 is 73.9. The minimum Gasteiger partial charge on any atom is -0.494 e. The molecule has 0 saturated carbocycles. The highest BCUT2D eigenvalue weighted by atomic mass is 16.6. The lowest BCUT2D eigenvalue weighted by Gasteiger charge is -2.33. The molecule has 0 unspecified atom stereocenters. The lowest BCUT2D eigenvalue weighted by Crippen LogP contribution is -2.45. The Morgan fingerprint density at radius 3 is 0.504 bits per heavy atom. The van der Waals surface area contributed by atoms with Crippen LogP contribution in [0.2, 0.25) is 0 Å². The van der Waals surface area contributed by atoms with Crippen molar-refractivity contribution in [3.8, 4) is 69.0 Å². The van der Waals surface area contributed by atoms with Gasteiger partial charge in [0.2, 0.25) is 0 Å². The number of carbonyl (C=O) groups is 4. The van der Waals surface area contributed by atoms with Gasteiger partial charge in [0, 0.05) is 0 Å². The van der Waals surface area contributed by atoms with Crippen LogP contribution in [0.3, 0.4) is 0 Å². The highest BCUT2D eigenvalue weighted by Crippen LogP contribution is 2.32. The van der Waals surface area contributed by atoms with Gasteiger partial charge in [-0.2, -0.15) is 0 Å². The van der Waals surface area contributed by atoms with Gasteiger partial charge in [-0.1, -0.05) is 207 Å². The molecule has 16 heteroatoms. The highest BCUT2D eigenvalue weighted by molar-refractivity contribution is 5.93. The summed E-state index contributed by atoms with van der Waals surface area (Å²) in [5.74, 6) is 3.68. The Morgan fingerprint density at radius 1 is 0.186 bits per heavy atom. The highest BCUT2D eigenvalue weighted by Gasteiger charge is 2.36. The van der Waals surface area contributed by atoms with Gasteiger partial charge >= 0.3 is 23.9 Å². The standard InChI is InChI=1S/C97H124O16/c1-5-9-13-17-21-25-29-33-69-102-81-45-37-77(38-46-81)93(98)110-89-61-53-85(54-62-89)106-73-97(74-107-86-55-63-90(64-56-86)111-94(99)78-39-47-82(48-40-78)103-70-34-30-26-22-18-14-10-6-2,75-108-87-57-65-91(66-58-87)112-95(100)79-41-49-83(50-42-79)104-71-35-31-27-23-19-15-11-7-3)76-109-88-59-67-92(68-60-88)113-96(101)80-43-51-84(52-44-80)105-72-36-32-28-24-20-16-12-8-4/h37-68H,5-36,69-76H2,1-4H3. The SMILES string of the molecule is CCCCCCCCCCOc1ccc(C(=O)Oc2ccc(OCC(COc3ccc(OC(=O)c4ccc(OCCCCCCCCCC)cc4)cc3)(COc3ccc(OC(=O)c4ccc(OCCCCCCCCCC)cc4)cc3)COc3ccc(OC(=O)c4ccc(OCCCCCCCCCC)cc4)cc3)cc2)cc1. The molecule has 0 heterocycles. The lowest BCUT2D eigenvalue weighted by molar-refractivity contribution is -0.00359. The predicted octanol–water partition coefficient (Wildman–Crippen LogP) is 25.2. The minimum atomic E-state index is -1.13. The second-order valence-electron chi connectivity index (χ2n) is 29.5. The molecule has 0 bridgehead atoms. The molecule has 0 aromatic heterocycles. The van der Waals surface area contributed by atoms with Crippen LogP contribution >= 0.6 is 0 Å². The van der Waals surface area contributed by atoms with Crippen molar-refractivity contribution >= 4 is 23.9 Å². The van der Waals surface area contributed by atoms with Crippen molar-refractivity contribution < 1.29 is 76.0 Å². The average molecular weight is 1550 g/mol. The molecule has 113 heavy (non-hydrogen) atoms. The third-order valence-corrected chi connectivity index (χ3v) is 19.7. The van der Waals surface area contributed by atoms with E-state index in [0.717, 1.165) is 51.4 Å². The van der Waals surface area contributed by atoms with Gasteiger partial charge in [0.15, 0.2) is 0 Å². The van der Waals surface area contributed by atoms with Crippen LogP contribution in [-0.4, -0.2) is 76.7 Å². The first kappa shape index (κ1) is 88.6. The Kier molecular flexibility index (Phi) is 41.7. The smallest absolute Gasteiger partial charge is 0.343 e. The van der Waals surface area contributed by atoms with Gasteiger partial charge in [-0.05, 0) is 220 Å². The normalized spacial score (nSPS) is 11.2. The van der Waals surface area contributed by atoms with Crippen LogP contribution in [0, 0.1) is 5.41 Å².